The van der Waals surface area contributed by atoms with Crippen LogP contribution >= 0.6 is 11.3 Å². The van der Waals surface area contributed by atoms with Gasteiger partial charge < -0.3 is 24.7 Å². The smallest absolute Gasteiger partial charge is 0.273 e. The molecule has 0 atom stereocenters. The quantitative estimate of drug-likeness (QED) is 0.577. The van der Waals surface area contributed by atoms with Gasteiger partial charge >= 0.3 is 0 Å². The lowest BCUT2D eigenvalue weighted by atomic mass is 10.1. The van der Waals surface area contributed by atoms with Crippen molar-refractivity contribution < 1.29 is 4.79 Å². The molecular formula is C25H29N5O2S. The van der Waals surface area contributed by atoms with Crippen molar-refractivity contribution in [2.24, 2.45) is 0 Å². The van der Waals surface area contributed by atoms with Crippen LogP contribution in [0.4, 0.5) is 0 Å². The first kappa shape index (κ1) is 21.9. The number of fused-ring (bicyclic) bond motifs is 1. The molecule has 2 N–H and O–H groups in total. The van der Waals surface area contributed by atoms with Gasteiger partial charge in [0, 0.05) is 54.6 Å². The van der Waals surface area contributed by atoms with Crippen molar-refractivity contribution in [3.05, 3.63) is 67.5 Å². The first-order valence-corrected chi connectivity index (χ1v) is 12.2. The van der Waals surface area contributed by atoms with E-state index in [9.17, 15) is 9.59 Å². The number of thiophene rings is 1. The number of hydrogen-bond donors (Lipinski definition) is 2. The van der Waals surface area contributed by atoms with Crippen molar-refractivity contribution >= 4 is 29.9 Å². The maximum absolute atomic E-state index is 12.9. The largest absolute Gasteiger partial charge is 0.338 e. The molecule has 0 aliphatic carbocycles. The summed E-state index contributed by atoms with van der Waals surface area (Å²) in [6, 6.07) is 10.2. The number of aromatic nitrogens is 2. The molecule has 1 amide bonds. The highest BCUT2D eigenvalue weighted by Gasteiger charge is 2.27. The lowest BCUT2D eigenvalue weighted by molar-refractivity contribution is 0.0765. The number of carbonyl (C=O) groups excluding carboxylic acids is 1. The molecule has 1 saturated heterocycles. The minimum Gasteiger partial charge on any atom is -0.338 e. The van der Waals surface area contributed by atoms with Crippen LogP contribution in [0, 0.1) is 0 Å². The van der Waals surface area contributed by atoms with E-state index in [4.69, 9.17) is 0 Å². The van der Waals surface area contributed by atoms with Crippen LogP contribution in [0.2, 0.25) is 0 Å². The van der Waals surface area contributed by atoms with Crippen LogP contribution in [-0.2, 0) is 6.54 Å². The molecule has 5 rings (SSSR count). The van der Waals surface area contributed by atoms with Crippen LogP contribution in [0.5, 0.6) is 0 Å². The van der Waals surface area contributed by atoms with Crippen molar-refractivity contribution in [3.8, 4) is 10.4 Å². The summed E-state index contributed by atoms with van der Waals surface area (Å²) < 4.78 is 0. The van der Waals surface area contributed by atoms with Gasteiger partial charge in [0.05, 0.1) is 0 Å². The number of aromatic amines is 2. The van der Waals surface area contributed by atoms with Gasteiger partial charge in [0.1, 0.15) is 10.8 Å². The number of rotatable bonds is 6. The normalized spacial score (nSPS) is 17.8. The van der Waals surface area contributed by atoms with E-state index in [1.807, 2.05) is 29.2 Å². The molecule has 2 aromatic heterocycles. The maximum atomic E-state index is 12.9. The Morgan fingerprint density at radius 2 is 1.88 bits per heavy atom. The van der Waals surface area contributed by atoms with Crippen molar-refractivity contribution in [1.82, 2.24) is 24.7 Å². The van der Waals surface area contributed by atoms with Gasteiger partial charge in [-0.15, -0.1) is 11.3 Å². The van der Waals surface area contributed by atoms with Crippen LogP contribution in [0.3, 0.4) is 0 Å². The third kappa shape index (κ3) is 4.73. The van der Waals surface area contributed by atoms with Gasteiger partial charge in [-0.2, -0.15) is 0 Å². The summed E-state index contributed by atoms with van der Waals surface area (Å²) in [7, 11) is 2.17. The number of amides is 1. The van der Waals surface area contributed by atoms with E-state index in [0.29, 0.717) is 17.4 Å². The Balaban J connectivity index is 1.24. The monoisotopic (exact) mass is 463 g/mol. The highest BCUT2D eigenvalue weighted by molar-refractivity contribution is 7.16. The van der Waals surface area contributed by atoms with E-state index < -0.39 is 0 Å². The third-order valence-corrected chi connectivity index (χ3v) is 7.56. The minimum atomic E-state index is -0.168. The van der Waals surface area contributed by atoms with E-state index in [1.54, 1.807) is 11.3 Å². The number of carbonyl (C=O) groups is 1. The molecule has 2 aliphatic rings. The zero-order valence-electron chi connectivity index (χ0n) is 18.9. The van der Waals surface area contributed by atoms with Gasteiger partial charge in [-0.05, 0) is 61.5 Å². The molecule has 0 bridgehead atoms. The summed E-state index contributed by atoms with van der Waals surface area (Å²) in [6.07, 6.45) is 2.84. The molecule has 1 aromatic carbocycles. The predicted octanol–water partition coefficient (Wildman–Crippen LogP) is 1.26. The van der Waals surface area contributed by atoms with Crippen molar-refractivity contribution in [2.45, 2.75) is 13.0 Å². The fourth-order valence-electron chi connectivity index (χ4n) is 4.56. The standard InChI is InChI=1S/C25H29N5O2S/c1-17-26-22(24(31)27-17)15-20-5-7-23(33-20)18-4-6-21-19(14-18)16-30(25(21)32)9-3-8-29-12-10-28(2)11-13-29/h4-7,14-15,26H,1,3,8-13,16H2,2H3,(H,27,31)/b22-15+. The second kappa shape index (κ2) is 9.13. The van der Waals surface area contributed by atoms with Gasteiger partial charge in [0.15, 0.2) is 0 Å². The number of benzene rings is 1. The molecule has 3 aromatic rings. The fourth-order valence-corrected chi connectivity index (χ4v) is 5.50. The summed E-state index contributed by atoms with van der Waals surface area (Å²) in [5.74, 6) is 0.144. The van der Waals surface area contributed by atoms with E-state index in [0.717, 1.165) is 72.1 Å². The second-order valence-electron chi connectivity index (χ2n) is 8.91. The summed E-state index contributed by atoms with van der Waals surface area (Å²) >= 11 is 1.62. The molecule has 1 fully saturated rings. The number of H-pyrrole nitrogens is 2. The zero-order valence-corrected chi connectivity index (χ0v) is 19.7. The number of hydrogen-bond acceptors (Lipinski definition) is 5. The first-order chi connectivity index (χ1) is 16.0. The lowest BCUT2D eigenvalue weighted by Gasteiger charge is -2.32. The van der Waals surface area contributed by atoms with Gasteiger partial charge in [0.2, 0.25) is 0 Å². The van der Waals surface area contributed by atoms with E-state index in [2.05, 4.69) is 45.5 Å². The van der Waals surface area contributed by atoms with E-state index >= 15 is 0 Å². The number of imidazole rings is 1. The molecule has 0 spiro atoms. The van der Waals surface area contributed by atoms with E-state index in [1.165, 1.54) is 0 Å². The van der Waals surface area contributed by atoms with Crippen LogP contribution in [0.15, 0.2) is 35.1 Å². The molecule has 0 radical (unpaired) electrons. The number of likely N-dealkylation sites (N-methyl/N-ethyl adjacent to an activating group) is 1. The van der Waals surface area contributed by atoms with Crippen molar-refractivity contribution in [3.63, 3.8) is 0 Å². The Kier molecular flexibility index (Phi) is 6.05. The molecule has 172 valence electrons. The Morgan fingerprint density at radius 3 is 2.64 bits per heavy atom. The Morgan fingerprint density at radius 1 is 1.06 bits per heavy atom. The topological polar surface area (TPSA) is 75.4 Å². The van der Waals surface area contributed by atoms with Crippen LogP contribution in [0.1, 0.15) is 27.2 Å². The minimum absolute atomic E-state index is 0.144. The fraction of sp³-hybridized carbons (Fsp3) is 0.360. The lowest BCUT2D eigenvalue weighted by Crippen LogP contribution is -2.45. The number of nitrogens with one attached hydrogen (secondary N) is 2. The number of nitrogens with zero attached hydrogens (tertiary/aromatic N) is 3. The van der Waals surface area contributed by atoms with Crippen molar-refractivity contribution in [2.75, 3.05) is 46.3 Å². The number of piperazine rings is 1. The summed E-state index contributed by atoms with van der Waals surface area (Å²) in [4.78, 5) is 39.3. The summed E-state index contributed by atoms with van der Waals surface area (Å²) in [5.41, 5.74) is 3.35. The predicted molar refractivity (Wildman–Crippen MR) is 133 cm³/mol. The molecule has 7 nitrogen and oxygen atoms in total. The molecular weight excluding hydrogens is 434 g/mol. The molecule has 8 heteroatoms. The van der Waals surface area contributed by atoms with Crippen LogP contribution in [-0.4, -0.2) is 76.9 Å². The summed E-state index contributed by atoms with van der Waals surface area (Å²) in [6.45, 7) is 10.7. The van der Waals surface area contributed by atoms with Gasteiger partial charge in [0.25, 0.3) is 11.5 Å². The molecule has 33 heavy (non-hydrogen) atoms. The zero-order chi connectivity index (χ0) is 22.9. The van der Waals surface area contributed by atoms with Gasteiger partial charge in [-0.3, -0.25) is 9.59 Å². The van der Waals surface area contributed by atoms with Crippen LogP contribution in [0.25, 0.3) is 23.1 Å². The highest BCUT2D eigenvalue weighted by atomic mass is 32.1. The second-order valence-corrected chi connectivity index (χ2v) is 10.0. The Hall–Kier alpha value is -2.94. The average molecular weight is 464 g/mol. The maximum Gasteiger partial charge on any atom is 0.273 e. The Bertz CT molecular complexity index is 1330. The van der Waals surface area contributed by atoms with Crippen molar-refractivity contribution in [1.29, 1.82) is 0 Å². The molecule has 0 saturated carbocycles. The first-order valence-electron chi connectivity index (χ1n) is 11.4. The third-order valence-electron chi connectivity index (χ3n) is 6.47. The van der Waals surface area contributed by atoms with E-state index in [-0.39, 0.29) is 11.5 Å². The van der Waals surface area contributed by atoms with Gasteiger partial charge in [-0.25, -0.2) is 0 Å². The molecule has 4 heterocycles. The molecule has 2 aliphatic heterocycles. The highest BCUT2D eigenvalue weighted by Crippen LogP contribution is 2.32. The van der Waals surface area contributed by atoms with Crippen LogP contribution < -0.4 is 16.4 Å². The molecule has 0 unspecified atom stereocenters. The summed E-state index contributed by atoms with van der Waals surface area (Å²) in [5, 5.41) is 0.500. The van der Waals surface area contributed by atoms with Gasteiger partial charge in [-0.1, -0.05) is 12.6 Å². The Labute approximate surface area is 196 Å². The SMILES string of the molecule is C=c1[nH]c(=O)/c(=C\c2ccc(-c3ccc4c(c3)CN(CCCN3CCN(C)CC3)C4=O)s2)[nH]1. The average Bonchev–Trinajstić information content (AvgIpc) is 3.48.